The van der Waals surface area contributed by atoms with Crippen molar-refractivity contribution >= 4 is 23.6 Å². The number of aromatic nitrogens is 3. The fourth-order valence-corrected chi connectivity index (χ4v) is 1.67. The predicted molar refractivity (Wildman–Crippen MR) is 76.5 cm³/mol. The molecule has 2 rings (SSSR count). The van der Waals surface area contributed by atoms with Gasteiger partial charge >= 0.3 is 0 Å². The summed E-state index contributed by atoms with van der Waals surface area (Å²) >= 11 is 5.90. The van der Waals surface area contributed by atoms with Crippen LogP contribution in [0.2, 0.25) is 5.02 Å². The topological polar surface area (TPSA) is 39.9 Å². The lowest BCUT2D eigenvalue weighted by Gasteiger charge is -2.10. The Kier molecular flexibility index (Phi) is 4.98. The van der Waals surface area contributed by atoms with Gasteiger partial charge in [0, 0.05) is 10.6 Å². The predicted octanol–water partition coefficient (Wildman–Crippen LogP) is 3.70. The molecule has 0 saturated carbocycles. The van der Waals surface area contributed by atoms with Gasteiger partial charge in [-0.1, -0.05) is 24.9 Å². The molecule has 0 saturated heterocycles. The van der Waals surface area contributed by atoms with Crippen LogP contribution >= 0.6 is 11.6 Å². The normalized spacial score (nSPS) is 11.6. The van der Waals surface area contributed by atoms with Crippen LogP contribution in [-0.2, 0) is 4.74 Å². The van der Waals surface area contributed by atoms with Gasteiger partial charge in [-0.25, -0.2) is 9.67 Å². The van der Waals surface area contributed by atoms with Crippen LogP contribution in [0.1, 0.15) is 25.3 Å². The highest BCUT2D eigenvalue weighted by Gasteiger charge is 2.04. The van der Waals surface area contributed by atoms with Gasteiger partial charge in [0.1, 0.15) is 18.4 Å². The molecule has 0 aliphatic rings. The van der Waals surface area contributed by atoms with Gasteiger partial charge < -0.3 is 4.74 Å². The molecule has 1 aromatic carbocycles. The minimum atomic E-state index is 0.680. The lowest BCUT2D eigenvalue weighted by Crippen LogP contribution is -1.97. The van der Waals surface area contributed by atoms with Crippen LogP contribution in [0.3, 0.4) is 0 Å². The lowest BCUT2D eigenvalue weighted by atomic mass is 10.2. The Hall–Kier alpha value is -1.81. The monoisotopic (exact) mass is 277 g/mol. The maximum absolute atomic E-state index is 5.90. The van der Waals surface area contributed by atoms with E-state index in [0.717, 1.165) is 24.2 Å². The van der Waals surface area contributed by atoms with E-state index < -0.39 is 0 Å². The molecule has 100 valence electrons. The SMILES string of the molecule is CCCCOC(=Cn1cncn1)c1ccc(Cl)cc1. The van der Waals surface area contributed by atoms with Crippen LogP contribution in [0.5, 0.6) is 0 Å². The third kappa shape index (κ3) is 4.10. The zero-order chi connectivity index (χ0) is 13.5. The number of hydrogen-bond donors (Lipinski definition) is 0. The second-order valence-electron chi connectivity index (χ2n) is 4.08. The molecular weight excluding hydrogens is 262 g/mol. The fraction of sp³-hybridized carbons (Fsp3) is 0.286. The molecule has 5 heteroatoms. The van der Waals surface area contributed by atoms with Crippen LogP contribution < -0.4 is 0 Å². The zero-order valence-electron chi connectivity index (χ0n) is 10.8. The summed E-state index contributed by atoms with van der Waals surface area (Å²) in [6.07, 6.45) is 7.03. The van der Waals surface area contributed by atoms with Gasteiger partial charge in [0.2, 0.25) is 0 Å². The van der Waals surface area contributed by atoms with Crippen LogP contribution in [-0.4, -0.2) is 21.4 Å². The number of halogens is 1. The largest absolute Gasteiger partial charge is 0.491 e. The molecule has 0 N–H and O–H groups in total. The highest BCUT2D eigenvalue weighted by atomic mass is 35.5. The van der Waals surface area contributed by atoms with E-state index in [-0.39, 0.29) is 0 Å². The molecule has 0 unspecified atom stereocenters. The van der Waals surface area contributed by atoms with Crippen molar-refractivity contribution in [1.29, 1.82) is 0 Å². The van der Waals surface area contributed by atoms with Gasteiger partial charge in [0.25, 0.3) is 0 Å². The van der Waals surface area contributed by atoms with E-state index in [1.54, 1.807) is 11.0 Å². The lowest BCUT2D eigenvalue weighted by molar-refractivity contribution is 0.271. The Labute approximate surface area is 117 Å². The molecule has 1 aromatic heterocycles. The first-order valence-electron chi connectivity index (χ1n) is 6.24. The molecule has 4 nitrogen and oxygen atoms in total. The Bertz CT molecular complexity index is 520. The molecule has 0 spiro atoms. The molecule has 1 heterocycles. The zero-order valence-corrected chi connectivity index (χ0v) is 11.5. The summed E-state index contributed by atoms with van der Waals surface area (Å²) in [5.74, 6) is 0.760. The first kappa shape index (κ1) is 13.6. The van der Waals surface area contributed by atoms with Crippen molar-refractivity contribution in [3.05, 3.63) is 47.5 Å². The van der Waals surface area contributed by atoms with Gasteiger partial charge in [-0.05, 0) is 30.7 Å². The number of nitrogens with zero attached hydrogens (tertiary/aromatic N) is 3. The van der Waals surface area contributed by atoms with E-state index in [1.807, 2.05) is 30.5 Å². The summed E-state index contributed by atoms with van der Waals surface area (Å²) in [4.78, 5) is 3.91. The number of ether oxygens (including phenoxy) is 1. The van der Waals surface area contributed by atoms with Gasteiger partial charge in [0.05, 0.1) is 12.8 Å². The fourth-order valence-electron chi connectivity index (χ4n) is 1.54. The average molecular weight is 278 g/mol. The molecule has 0 aliphatic heterocycles. The number of rotatable bonds is 6. The van der Waals surface area contributed by atoms with Crippen molar-refractivity contribution in [1.82, 2.24) is 14.8 Å². The Balaban J connectivity index is 2.20. The molecule has 0 bridgehead atoms. The maximum atomic E-state index is 5.90. The maximum Gasteiger partial charge on any atom is 0.144 e. The van der Waals surface area contributed by atoms with Crippen molar-refractivity contribution in [3.8, 4) is 0 Å². The van der Waals surface area contributed by atoms with Gasteiger partial charge in [0.15, 0.2) is 0 Å². The molecular formula is C14H16ClN3O. The molecule has 2 aromatic rings. The van der Waals surface area contributed by atoms with Gasteiger partial charge in [-0.2, -0.15) is 5.10 Å². The van der Waals surface area contributed by atoms with Crippen LogP contribution in [0.4, 0.5) is 0 Å². The Morgan fingerprint density at radius 1 is 1.37 bits per heavy atom. The highest BCUT2D eigenvalue weighted by molar-refractivity contribution is 6.30. The van der Waals surface area contributed by atoms with Crippen molar-refractivity contribution in [2.24, 2.45) is 0 Å². The smallest absolute Gasteiger partial charge is 0.144 e. The number of benzene rings is 1. The first-order chi connectivity index (χ1) is 9.29. The van der Waals surface area contributed by atoms with Crippen molar-refractivity contribution in [3.63, 3.8) is 0 Å². The van der Waals surface area contributed by atoms with Crippen LogP contribution in [0, 0.1) is 0 Å². The molecule has 0 radical (unpaired) electrons. The summed E-state index contributed by atoms with van der Waals surface area (Å²) in [6.45, 7) is 2.81. The van der Waals surface area contributed by atoms with Gasteiger partial charge in [-0.15, -0.1) is 0 Å². The summed E-state index contributed by atoms with van der Waals surface area (Å²) in [7, 11) is 0. The molecule has 0 amide bonds. The standard InChI is InChI=1S/C14H16ClN3O/c1-2-3-8-19-14(9-18-11-16-10-17-18)12-4-6-13(15)7-5-12/h4-7,9-11H,2-3,8H2,1H3. The van der Waals surface area contributed by atoms with Crippen LogP contribution in [0.15, 0.2) is 36.9 Å². The van der Waals surface area contributed by atoms with Crippen LogP contribution in [0.25, 0.3) is 12.0 Å². The second-order valence-corrected chi connectivity index (χ2v) is 4.51. The van der Waals surface area contributed by atoms with E-state index in [1.165, 1.54) is 6.33 Å². The number of unbranched alkanes of at least 4 members (excludes halogenated alkanes) is 1. The third-order valence-corrected chi connectivity index (χ3v) is 2.82. The summed E-state index contributed by atoms with van der Waals surface area (Å²) in [5, 5.41) is 4.76. The molecule has 19 heavy (non-hydrogen) atoms. The van der Waals surface area contributed by atoms with E-state index in [9.17, 15) is 0 Å². The van der Waals surface area contributed by atoms with E-state index in [2.05, 4.69) is 17.0 Å². The molecule has 0 atom stereocenters. The third-order valence-electron chi connectivity index (χ3n) is 2.57. The quantitative estimate of drug-likeness (QED) is 0.597. The summed E-state index contributed by atoms with van der Waals surface area (Å²) in [5.41, 5.74) is 0.969. The second kappa shape index (κ2) is 6.95. The Morgan fingerprint density at radius 3 is 2.79 bits per heavy atom. The van der Waals surface area contributed by atoms with Crippen molar-refractivity contribution < 1.29 is 4.74 Å². The molecule has 0 fully saturated rings. The van der Waals surface area contributed by atoms with Crippen molar-refractivity contribution in [2.75, 3.05) is 6.61 Å². The highest BCUT2D eigenvalue weighted by Crippen LogP contribution is 2.19. The Morgan fingerprint density at radius 2 is 2.16 bits per heavy atom. The first-order valence-corrected chi connectivity index (χ1v) is 6.62. The molecule has 0 aliphatic carbocycles. The number of hydrogen-bond acceptors (Lipinski definition) is 3. The van der Waals surface area contributed by atoms with E-state index in [4.69, 9.17) is 16.3 Å². The summed E-state index contributed by atoms with van der Waals surface area (Å²) < 4.78 is 7.43. The van der Waals surface area contributed by atoms with E-state index >= 15 is 0 Å². The van der Waals surface area contributed by atoms with Gasteiger partial charge in [-0.3, -0.25) is 0 Å². The summed E-state index contributed by atoms with van der Waals surface area (Å²) in [6, 6.07) is 7.54. The average Bonchev–Trinajstić information content (AvgIpc) is 2.92. The van der Waals surface area contributed by atoms with Crippen molar-refractivity contribution in [2.45, 2.75) is 19.8 Å². The minimum Gasteiger partial charge on any atom is -0.491 e. The minimum absolute atomic E-state index is 0.680. The van der Waals surface area contributed by atoms with E-state index in [0.29, 0.717) is 11.6 Å².